The van der Waals surface area contributed by atoms with Gasteiger partial charge in [0, 0.05) is 12.1 Å². The highest BCUT2D eigenvalue weighted by Gasteiger charge is 2.27. The van der Waals surface area contributed by atoms with Crippen molar-refractivity contribution < 1.29 is 4.79 Å². The minimum atomic E-state index is -0.0941. The van der Waals surface area contributed by atoms with Gasteiger partial charge in [0.05, 0.1) is 0 Å². The Morgan fingerprint density at radius 2 is 1.35 bits per heavy atom. The van der Waals surface area contributed by atoms with Crippen molar-refractivity contribution >= 4 is 6.29 Å². The first-order valence-corrected chi connectivity index (χ1v) is 6.55. The fourth-order valence-electron chi connectivity index (χ4n) is 2.33. The van der Waals surface area contributed by atoms with Crippen molar-refractivity contribution in [3.05, 3.63) is 0 Å². The third-order valence-corrected chi connectivity index (χ3v) is 4.20. The van der Waals surface area contributed by atoms with Crippen LogP contribution in [0.15, 0.2) is 0 Å². The van der Waals surface area contributed by atoms with Crippen LogP contribution >= 0.6 is 0 Å². The van der Waals surface area contributed by atoms with E-state index in [1.165, 1.54) is 0 Å². The van der Waals surface area contributed by atoms with Gasteiger partial charge in [-0.15, -0.1) is 0 Å². The number of hydrogen-bond acceptors (Lipinski definition) is 4. The maximum Gasteiger partial charge on any atom is 0.151 e. The predicted molar refractivity (Wildman–Crippen MR) is 71.0 cm³/mol. The molecule has 2 unspecified atom stereocenters. The molecule has 0 aromatic carbocycles. The third-order valence-electron chi connectivity index (χ3n) is 4.20. The summed E-state index contributed by atoms with van der Waals surface area (Å²) in [5.41, 5.74) is 0. The summed E-state index contributed by atoms with van der Waals surface area (Å²) in [5, 5.41) is 0. The zero-order valence-corrected chi connectivity index (χ0v) is 11.9. The summed E-state index contributed by atoms with van der Waals surface area (Å²) in [5.74, 6) is 0. The van der Waals surface area contributed by atoms with E-state index in [9.17, 15) is 4.79 Å². The van der Waals surface area contributed by atoms with Crippen LogP contribution < -0.4 is 0 Å². The lowest BCUT2D eigenvalue weighted by Crippen LogP contribution is -2.54. The number of rotatable bonds is 1. The molecule has 0 saturated carbocycles. The van der Waals surface area contributed by atoms with E-state index in [4.69, 9.17) is 0 Å². The van der Waals surface area contributed by atoms with Gasteiger partial charge in [-0.25, -0.2) is 0 Å². The molecule has 1 heterocycles. The summed E-state index contributed by atoms with van der Waals surface area (Å²) in [6, 6.07) is 0.862. The molecule has 1 aliphatic rings. The molecule has 0 N–H and O–H groups in total. The molecular formula is C13H27N3O. The first-order valence-electron chi connectivity index (χ1n) is 6.55. The summed E-state index contributed by atoms with van der Waals surface area (Å²) in [6.45, 7) is 6.61. The van der Waals surface area contributed by atoms with Crippen LogP contribution in [0.1, 0.15) is 26.7 Å². The van der Waals surface area contributed by atoms with E-state index < -0.39 is 0 Å². The fraction of sp³-hybridized carbons (Fsp3) is 0.923. The van der Waals surface area contributed by atoms with Gasteiger partial charge in [0.15, 0.2) is 6.29 Å². The van der Waals surface area contributed by atoms with E-state index in [1.54, 1.807) is 0 Å². The molecule has 0 amide bonds. The minimum absolute atomic E-state index is 0.0941. The van der Waals surface area contributed by atoms with Crippen LogP contribution in [-0.4, -0.2) is 73.5 Å². The van der Waals surface area contributed by atoms with Gasteiger partial charge in [0.2, 0.25) is 0 Å². The normalized spacial score (nSPS) is 35.7. The number of nitrogens with zero attached hydrogens (tertiary/aromatic N) is 3. The monoisotopic (exact) mass is 241 g/mol. The quantitative estimate of drug-likeness (QED) is 0.637. The molecule has 0 aromatic heterocycles. The van der Waals surface area contributed by atoms with Crippen molar-refractivity contribution in [2.45, 2.75) is 44.9 Å². The van der Waals surface area contributed by atoms with Gasteiger partial charge >= 0.3 is 0 Å². The molecule has 1 saturated heterocycles. The number of carbonyl (C=O) groups is 1. The Morgan fingerprint density at radius 3 is 1.71 bits per heavy atom. The molecule has 0 aromatic rings. The Bertz CT molecular complexity index is 227. The second kappa shape index (κ2) is 6.47. The third kappa shape index (κ3) is 3.76. The van der Waals surface area contributed by atoms with E-state index in [2.05, 4.69) is 49.7 Å². The lowest BCUT2D eigenvalue weighted by molar-refractivity contribution is -0.120. The largest absolute Gasteiger partial charge is 0.306 e. The van der Waals surface area contributed by atoms with Crippen LogP contribution in [0.4, 0.5) is 0 Å². The highest BCUT2D eigenvalue weighted by Crippen LogP contribution is 2.15. The predicted octanol–water partition coefficient (Wildman–Crippen LogP) is 0.878. The minimum Gasteiger partial charge on any atom is -0.306 e. The van der Waals surface area contributed by atoms with Crippen LogP contribution in [0.2, 0.25) is 0 Å². The first kappa shape index (κ1) is 14.6. The van der Waals surface area contributed by atoms with Gasteiger partial charge in [-0.1, -0.05) is 0 Å². The summed E-state index contributed by atoms with van der Waals surface area (Å²) in [7, 11) is 6.28. The van der Waals surface area contributed by atoms with Crippen molar-refractivity contribution in [2.75, 3.05) is 34.2 Å². The summed E-state index contributed by atoms with van der Waals surface area (Å²) in [6.07, 6.45) is 3.20. The molecule has 0 aliphatic carbocycles. The summed E-state index contributed by atoms with van der Waals surface area (Å²) >= 11 is 0. The van der Waals surface area contributed by atoms with Crippen LogP contribution in [-0.2, 0) is 4.79 Å². The van der Waals surface area contributed by atoms with E-state index >= 15 is 0 Å². The zero-order valence-electron chi connectivity index (χ0n) is 11.9. The molecule has 4 heteroatoms. The molecule has 1 aliphatic heterocycles. The van der Waals surface area contributed by atoms with Crippen molar-refractivity contribution in [1.82, 2.24) is 14.7 Å². The zero-order chi connectivity index (χ0) is 13.0. The van der Waals surface area contributed by atoms with Crippen LogP contribution in [0.3, 0.4) is 0 Å². The number of hydrogen-bond donors (Lipinski definition) is 0. The van der Waals surface area contributed by atoms with Gasteiger partial charge in [-0.3, -0.25) is 9.80 Å². The Labute approximate surface area is 106 Å². The average molecular weight is 241 g/mol. The molecule has 1 rings (SSSR count). The van der Waals surface area contributed by atoms with Gasteiger partial charge in [-0.2, -0.15) is 0 Å². The molecular weight excluding hydrogens is 214 g/mol. The highest BCUT2D eigenvalue weighted by atomic mass is 16.1. The number of likely N-dealkylation sites (N-methyl/N-ethyl adjacent to an activating group) is 2. The Balaban J connectivity index is 2.80. The van der Waals surface area contributed by atoms with Crippen molar-refractivity contribution in [3.8, 4) is 0 Å². The van der Waals surface area contributed by atoms with E-state index in [0.717, 1.165) is 32.2 Å². The number of aldehydes is 1. The Kier molecular flexibility index (Phi) is 5.56. The van der Waals surface area contributed by atoms with E-state index in [1.807, 2.05) is 0 Å². The molecule has 0 spiro atoms. The second-order valence-corrected chi connectivity index (χ2v) is 5.46. The molecule has 100 valence electrons. The lowest BCUT2D eigenvalue weighted by Gasteiger charge is -2.40. The molecule has 0 bridgehead atoms. The van der Waals surface area contributed by atoms with Crippen molar-refractivity contribution in [2.24, 2.45) is 0 Å². The van der Waals surface area contributed by atoms with Gasteiger partial charge < -0.3 is 9.69 Å². The fourth-order valence-corrected chi connectivity index (χ4v) is 2.33. The van der Waals surface area contributed by atoms with Crippen molar-refractivity contribution in [1.29, 1.82) is 0 Å². The number of carbonyl (C=O) groups excluding carboxylic acids is 1. The van der Waals surface area contributed by atoms with Gasteiger partial charge in [-0.05, 0) is 60.9 Å². The van der Waals surface area contributed by atoms with Crippen LogP contribution in [0, 0.1) is 0 Å². The smallest absolute Gasteiger partial charge is 0.151 e. The highest BCUT2D eigenvalue weighted by molar-refractivity contribution is 5.57. The van der Waals surface area contributed by atoms with E-state index in [-0.39, 0.29) is 6.17 Å². The van der Waals surface area contributed by atoms with Gasteiger partial charge in [0.25, 0.3) is 0 Å². The Hall–Kier alpha value is -0.450. The standard InChI is InChI=1S/C13H27N3O/c1-11-6-8-14(3)9-7-12(2)16(5)13(10-17)15(11)4/h10-13H,6-9H2,1-5H3. The van der Waals surface area contributed by atoms with Crippen LogP contribution in [0.25, 0.3) is 0 Å². The maximum absolute atomic E-state index is 11.3. The average Bonchev–Trinajstić information content (AvgIpc) is 2.32. The van der Waals surface area contributed by atoms with Crippen LogP contribution in [0.5, 0.6) is 0 Å². The first-order chi connectivity index (χ1) is 7.97. The molecule has 2 atom stereocenters. The second-order valence-electron chi connectivity index (χ2n) is 5.46. The topological polar surface area (TPSA) is 26.8 Å². The maximum atomic E-state index is 11.3. The van der Waals surface area contributed by atoms with Crippen molar-refractivity contribution in [3.63, 3.8) is 0 Å². The molecule has 4 nitrogen and oxygen atoms in total. The summed E-state index contributed by atoms with van der Waals surface area (Å²) < 4.78 is 0. The molecule has 17 heavy (non-hydrogen) atoms. The summed E-state index contributed by atoms with van der Waals surface area (Å²) in [4.78, 5) is 18.1. The SMILES string of the molecule is CC1CCN(C)CCC(C)N(C)C(C=O)N1C. The molecule has 0 radical (unpaired) electrons. The Morgan fingerprint density at radius 1 is 0.941 bits per heavy atom. The molecule has 1 fully saturated rings. The van der Waals surface area contributed by atoms with E-state index in [0.29, 0.717) is 12.1 Å². The van der Waals surface area contributed by atoms with Gasteiger partial charge in [0.1, 0.15) is 6.17 Å². The lowest BCUT2D eigenvalue weighted by atomic mass is 10.1.